The number of carbonyl (C=O) groups excluding carboxylic acids is 1. The molecule has 0 aromatic carbocycles. The van der Waals surface area contributed by atoms with Gasteiger partial charge in [0.1, 0.15) is 5.76 Å². The molecule has 1 aliphatic rings. The van der Waals surface area contributed by atoms with Crippen molar-refractivity contribution in [1.29, 1.82) is 0 Å². The van der Waals surface area contributed by atoms with Crippen LogP contribution in [-0.4, -0.2) is 18.2 Å². The molecule has 0 amide bonds. The Balaban J connectivity index is 2.73. The van der Waals surface area contributed by atoms with Gasteiger partial charge in [-0.25, -0.2) is 4.79 Å². The number of esters is 1. The number of ether oxygens (including phenoxy) is 1. The van der Waals surface area contributed by atoms with Crippen molar-refractivity contribution >= 4 is 5.97 Å². The van der Waals surface area contributed by atoms with E-state index in [4.69, 9.17) is 5.11 Å². The zero-order valence-electron chi connectivity index (χ0n) is 6.33. The fourth-order valence-electron chi connectivity index (χ4n) is 0.977. The first kappa shape index (κ1) is 7.85. The lowest BCUT2D eigenvalue weighted by Crippen LogP contribution is -2.07. The predicted octanol–water partition coefficient (Wildman–Crippen LogP) is 1.32. The third-order valence-electron chi connectivity index (χ3n) is 1.54. The summed E-state index contributed by atoms with van der Waals surface area (Å²) in [5, 5.41) is 9.00. The van der Waals surface area contributed by atoms with E-state index in [0.717, 1.165) is 0 Å². The fourth-order valence-corrected chi connectivity index (χ4v) is 0.977. The van der Waals surface area contributed by atoms with E-state index < -0.39 is 0 Å². The van der Waals surface area contributed by atoms with Crippen LogP contribution in [0.3, 0.4) is 0 Å². The Morgan fingerprint density at radius 1 is 1.73 bits per heavy atom. The second-order valence-electron chi connectivity index (χ2n) is 2.33. The monoisotopic (exact) mass is 154 g/mol. The molecule has 0 saturated carbocycles. The highest BCUT2D eigenvalue weighted by atomic mass is 16.5. The fraction of sp³-hybridized carbons (Fsp3) is 0.375. The number of hydrogen-bond donors (Lipinski definition) is 1. The first-order chi connectivity index (χ1) is 5.24. The Bertz CT molecular complexity index is 225. The molecule has 0 radical (unpaired) electrons. The van der Waals surface area contributed by atoms with Gasteiger partial charge in [0.15, 0.2) is 0 Å². The summed E-state index contributed by atoms with van der Waals surface area (Å²) in [5.41, 5.74) is 0.535. The Hall–Kier alpha value is -1.25. The third kappa shape index (κ3) is 1.83. The number of carbonyl (C=O) groups is 1. The van der Waals surface area contributed by atoms with Crippen LogP contribution in [0.1, 0.15) is 12.8 Å². The van der Waals surface area contributed by atoms with Gasteiger partial charge in [0.25, 0.3) is 0 Å². The minimum absolute atomic E-state index is 0.150. The molecule has 60 valence electrons. The number of hydrogen-bond acceptors (Lipinski definition) is 3. The van der Waals surface area contributed by atoms with E-state index in [0.29, 0.717) is 18.4 Å². The number of aliphatic hydroxyl groups excluding tert-OH is 1. The van der Waals surface area contributed by atoms with Crippen molar-refractivity contribution in [3.63, 3.8) is 0 Å². The molecule has 0 atom stereocenters. The van der Waals surface area contributed by atoms with Gasteiger partial charge in [-0.3, -0.25) is 0 Å². The van der Waals surface area contributed by atoms with Crippen LogP contribution in [-0.2, 0) is 9.53 Å². The van der Waals surface area contributed by atoms with Gasteiger partial charge < -0.3 is 9.84 Å². The maximum atomic E-state index is 10.9. The van der Waals surface area contributed by atoms with E-state index in [2.05, 4.69) is 4.74 Å². The number of methoxy groups -OCH3 is 1. The van der Waals surface area contributed by atoms with Crippen molar-refractivity contribution in [3.8, 4) is 0 Å². The van der Waals surface area contributed by atoms with E-state index in [1.165, 1.54) is 13.2 Å². The molecule has 1 rings (SSSR count). The lowest BCUT2D eigenvalue weighted by atomic mass is 10.0. The van der Waals surface area contributed by atoms with Crippen LogP contribution in [0, 0.1) is 0 Å². The average molecular weight is 154 g/mol. The summed E-state index contributed by atoms with van der Waals surface area (Å²) < 4.78 is 4.49. The van der Waals surface area contributed by atoms with Crippen LogP contribution >= 0.6 is 0 Å². The minimum atomic E-state index is -0.357. The maximum Gasteiger partial charge on any atom is 0.333 e. The largest absolute Gasteiger partial charge is 0.508 e. The lowest BCUT2D eigenvalue weighted by molar-refractivity contribution is -0.136. The molecular weight excluding hydrogens is 144 g/mol. The normalized spacial score (nSPS) is 16.8. The van der Waals surface area contributed by atoms with E-state index in [9.17, 15) is 4.79 Å². The summed E-state index contributed by atoms with van der Waals surface area (Å²) in [6.07, 6.45) is 4.46. The van der Waals surface area contributed by atoms with Crippen LogP contribution in [0.5, 0.6) is 0 Å². The van der Waals surface area contributed by atoms with Gasteiger partial charge >= 0.3 is 5.97 Å². The molecule has 0 heterocycles. The molecule has 1 aliphatic carbocycles. The van der Waals surface area contributed by atoms with Crippen LogP contribution in [0.4, 0.5) is 0 Å². The van der Waals surface area contributed by atoms with Crippen LogP contribution in [0.25, 0.3) is 0 Å². The smallest absolute Gasteiger partial charge is 0.333 e. The summed E-state index contributed by atoms with van der Waals surface area (Å²) in [6.45, 7) is 0. The van der Waals surface area contributed by atoms with Gasteiger partial charge in [0, 0.05) is 5.57 Å². The molecule has 0 aromatic heterocycles. The summed E-state index contributed by atoms with van der Waals surface area (Å²) in [4.78, 5) is 10.9. The Morgan fingerprint density at radius 2 is 2.45 bits per heavy atom. The van der Waals surface area contributed by atoms with Crippen molar-refractivity contribution in [3.05, 3.63) is 23.5 Å². The zero-order chi connectivity index (χ0) is 8.27. The van der Waals surface area contributed by atoms with Crippen LogP contribution in [0.15, 0.2) is 23.5 Å². The molecule has 11 heavy (non-hydrogen) atoms. The second kappa shape index (κ2) is 3.23. The van der Waals surface area contributed by atoms with E-state index in [-0.39, 0.29) is 11.7 Å². The summed E-state index contributed by atoms with van der Waals surface area (Å²) in [7, 11) is 1.33. The summed E-state index contributed by atoms with van der Waals surface area (Å²) in [5.74, 6) is -0.207. The first-order valence-electron chi connectivity index (χ1n) is 3.42. The van der Waals surface area contributed by atoms with Gasteiger partial charge in [-0.15, -0.1) is 0 Å². The number of rotatable bonds is 1. The molecule has 0 fully saturated rings. The Kier molecular flexibility index (Phi) is 2.31. The quantitative estimate of drug-likeness (QED) is 0.579. The molecule has 1 N–H and O–H groups in total. The molecule has 0 aliphatic heterocycles. The van der Waals surface area contributed by atoms with Crippen molar-refractivity contribution in [2.45, 2.75) is 12.8 Å². The average Bonchev–Trinajstić information content (AvgIpc) is 2.03. The standard InChI is InChI=1S/C8H10O3/c1-11-8(10)6-3-2-4-7(9)5-6/h4-5,9H,2-3H2,1H3. The minimum Gasteiger partial charge on any atom is -0.508 e. The summed E-state index contributed by atoms with van der Waals surface area (Å²) >= 11 is 0. The Labute approximate surface area is 65.0 Å². The molecule has 0 bridgehead atoms. The highest BCUT2D eigenvalue weighted by Crippen LogP contribution is 2.16. The first-order valence-corrected chi connectivity index (χ1v) is 3.42. The number of aliphatic hydroxyl groups is 1. The molecular formula is C8H10O3. The molecule has 0 saturated heterocycles. The zero-order valence-corrected chi connectivity index (χ0v) is 6.33. The predicted molar refractivity (Wildman–Crippen MR) is 40.0 cm³/mol. The summed E-state index contributed by atoms with van der Waals surface area (Å²) in [6, 6.07) is 0. The molecule has 3 heteroatoms. The molecule has 3 nitrogen and oxygen atoms in total. The van der Waals surface area contributed by atoms with Gasteiger partial charge in [0.05, 0.1) is 7.11 Å². The van der Waals surface area contributed by atoms with Crippen molar-refractivity contribution < 1.29 is 14.6 Å². The molecule has 0 aromatic rings. The molecule has 0 spiro atoms. The SMILES string of the molecule is COC(=O)C1=CC(O)=CCC1. The van der Waals surface area contributed by atoms with E-state index in [1.807, 2.05) is 0 Å². The highest BCUT2D eigenvalue weighted by Gasteiger charge is 2.12. The topological polar surface area (TPSA) is 46.5 Å². The highest BCUT2D eigenvalue weighted by molar-refractivity contribution is 5.89. The Morgan fingerprint density at radius 3 is 3.00 bits per heavy atom. The van der Waals surface area contributed by atoms with Crippen molar-refractivity contribution in [1.82, 2.24) is 0 Å². The second-order valence-corrected chi connectivity index (χ2v) is 2.33. The molecule has 0 unspecified atom stereocenters. The van der Waals surface area contributed by atoms with Crippen LogP contribution in [0.2, 0.25) is 0 Å². The van der Waals surface area contributed by atoms with Crippen molar-refractivity contribution in [2.24, 2.45) is 0 Å². The maximum absolute atomic E-state index is 10.9. The van der Waals surface area contributed by atoms with Gasteiger partial charge in [0.2, 0.25) is 0 Å². The number of allylic oxidation sites excluding steroid dienone is 2. The van der Waals surface area contributed by atoms with Gasteiger partial charge in [-0.2, -0.15) is 0 Å². The van der Waals surface area contributed by atoms with E-state index in [1.54, 1.807) is 6.08 Å². The third-order valence-corrected chi connectivity index (χ3v) is 1.54. The van der Waals surface area contributed by atoms with Crippen LogP contribution < -0.4 is 0 Å². The van der Waals surface area contributed by atoms with Crippen molar-refractivity contribution in [2.75, 3.05) is 7.11 Å². The van der Waals surface area contributed by atoms with Gasteiger partial charge in [-0.1, -0.05) is 0 Å². The lowest BCUT2D eigenvalue weighted by Gasteiger charge is -2.07. The van der Waals surface area contributed by atoms with Gasteiger partial charge in [-0.05, 0) is 25.0 Å². The van der Waals surface area contributed by atoms with E-state index >= 15 is 0 Å².